The van der Waals surface area contributed by atoms with E-state index in [-0.39, 0.29) is 5.78 Å². The van der Waals surface area contributed by atoms with Gasteiger partial charge in [-0.3, -0.25) is 9.36 Å². The van der Waals surface area contributed by atoms with E-state index in [0.29, 0.717) is 10.6 Å². The Labute approximate surface area is 154 Å². The van der Waals surface area contributed by atoms with Crippen molar-refractivity contribution in [3.8, 4) is 5.69 Å². The molecule has 0 bridgehead atoms. The van der Waals surface area contributed by atoms with Crippen LogP contribution in [-0.2, 0) is 0 Å². The number of rotatable bonds is 4. The Hall–Kier alpha value is -2.13. The average molecular weight is 357 g/mol. The number of nitrogens with zero attached hydrogens (tertiary/aromatic N) is 2. The third kappa shape index (κ3) is 4.93. The lowest BCUT2D eigenvalue weighted by Crippen LogP contribution is -1.93. The monoisotopic (exact) mass is 356 g/mol. The van der Waals surface area contributed by atoms with E-state index in [4.69, 9.17) is 11.6 Å². The molecule has 3 nitrogen and oxygen atoms in total. The lowest BCUT2D eigenvalue weighted by atomic mass is 10.1. The molecule has 0 atom stereocenters. The smallest absolute Gasteiger partial charge is 0.159 e. The summed E-state index contributed by atoms with van der Waals surface area (Å²) in [7, 11) is 0. The lowest BCUT2D eigenvalue weighted by Gasteiger charge is -2.04. The predicted octanol–water partition coefficient (Wildman–Crippen LogP) is 6.32. The van der Waals surface area contributed by atoms with Crippen molar-refractivity contribution >= 4 is 28.4 Å². The number of carbonyl (C=O) groups is 1. The second-order valence-corrected chi connectivity index (χ2v) is 6.71. The highest BCUT2D eigenvalue weighted by molar-refractivity contribution is 6.30. The Morgan fingerprint density at radius 3 is 2.44 bits per heavy atom. The van der Waals surface area contributed by atoms with Gasteiger partial charge in [0.15, 0.2) is 5.78 Å². The number of halogens is 1. The minimum absolute atomic E-state index is 0.0409. The summed E-state index contributed by atoms with van der Waals surface area (Å²) in [6, 6.07) is 13.1. The Morgan fingerprint density at radius 2 is 1.88 bits per heavy atom. The molecule has 0 spiro atoms. The first-order chi connectivity index (χ1) is 12.0. The zero-order valence-corrected chi connectivity index (χ0v) is 16.0. The van der Waals surface area contributed by atoms with Crippen molar-refractivity contribution in [1.29, 1.82) is 0 Å². The minimum Gasteiger partial charge on any atom is -0.299 e. The van der Waals surface area contributed by atoms with Crippen molar-refractivity contribution in [1.82, 2.24) is 9.55 Å². The molecule has 0 unspecified atom stereocenters. The van der Waals surface area contributed by atoms with Crippen LogP contribution in [-0.4, -0.2) is 15.3 Å². The van der Waals surface area contributed by atoms with Gasteiger partial charge in [0.2, 0.25) is 0 Å². The van der Waals surface area contributed by atoms with Crippen molar-refractivity contribution in [2.24, 2.45) is 5.92 Å². The summed E-state index contributed by atoms with van der Waals surface area (Å²) < 4.78 is 1.95. The molecule has 1 heterocycles. The van der Waals surface area contributed by atoms with E-state index in [9.17, 15) is 4.79 Å². The van der Waals surface area contributed by atoms with E-state index in [0.717, 1.165) is 22.6 Å². The first-order valence-electron chi connectivity index (χ1n) is 8.70. The maximum atomic E-state index is 11.4. The number of carbonyl (C=O) groups excluding carboxylic acids is 1. The third-order valence-corrected chi connectivity index (χ3v) is 4.67. The summed E-state index contributed by atoms with van der Waals surface area (Å²) in [6.07, 6.45) is 4.40. The first kappa shape index (κ1) is 19.2. The maximum absolute atomic E-state index is 11.4. The van der Waals surface area contributed by atoms with E-state index in [1.54, 1.807) is 19.3 Å². The number of Topliss-reactive ketones (excluding diaryl/α,β-unsaturated/α-hetero) is 1. The lowest BCUT2D eigenvalue weighted by molar-refractivity contribution is 0.101. The molecule has 0 saturated carbocycles. The van der Waals surface area contributed by atoms with E-state index in [2.05, 4.69) is 25.8 Å². The SMILES string of the molecule is CC(=O)c1ccc2c(c1)ncn2-c1cccc(Cl)c1.CCC(C)CC. The van der Waals surface area contributed by atoms with Gasteiger partial charge in [-0.2, -0.15) is 0 Å². The number of aromatic nitrogens is 2. The summed E-state index contributed by atoms with van der Waals surface area (Å²) in [5, 5.41) is 0.680. The average Bonchev–Trinajstić information content (AvgIpc) is 3.04. The van der Waals surface area contributed by atoms with Crippen molar-refractivity contribution in [2.45, 2.75) is 40.5 Å². The van der Waals surface area contributed by atoms with Crippen LogP contribution in [0.3, 0.4) is 0 Å². The number of benzene rings is 2. The Morgan fingerprint density at radius 1 is 1.16 bits per heavy atom. The van der Waals surface area contributed by atoms with Crippen LogP contribution in [0.15, 0.2) is 48.8 Å². The van der Waals surface area contributed by atoms with Crippen molar-refractivity contribution in [2.75, 3.05) is 0 Å². The Balaban J connectivity index is 0.000000326. The molecule has 3 rings (SSSR count). The van der Waals surface area contributed by atoms with Gasteiger partial charge in [0.05, 0.1) is 11.0 Å². The zero-order chi connectivity index (χ0) is 18.4. The largest absolute Gasteiger partial charge is 0.299 e. The summed E-state index contributed by atoms with van der Waals surface area (Å²) in [4.78, 5) is 15.7. The van der Waals surface area contributed by atoms with Gasteiger partial charge >= 0.3 is 0 Å². The Kier molecular flexibility index (Phi) is 6.77. The van der Waals surface area contributed by atoms with Crippen LogP contribution in [0.25, 0.3) is 16.7 Å². The standard InChI is InChI=1S/C15H11ClN2O.C6H14/c1-10(19)11-5-6-15-14(7-11)17-9-18(15)13-4-2-3-12(16)8-13;1-4-6(3)5-2/h2-9H,1H3;6H,4-5H2,1-3H3. The molecule has 0 saturated heterocycles. The van der Waals surface area contributed by atoms with Gasteiger partial charge in [0.25, 0.3) is 0 Å². The number of imidazole rings is 1. The van der Waals surface area contributed by atoms with Gasteiger partial charge in [-0.1, -0.05) is 51.3 Å². The molecule has 0 N–H and O–H groups in total. The molecule has 0 amide bonds. The summed E-state index contributed by atoms with van der Waals surface area (Å²) in [5.41, 5.74) is 3.37. The molecule has 2 aromatic carbocycles. The molecular weight excluding hydrogens is 332 g/mol. The van der Waals surface area contributed by atoms with Crippen LogP contribution in [0.5, 0.6) is 0 Å². The van der Waals surface area contributed by atoms with E-state index >= 15 is 0 Å². The molecule has 4 heteroatoms. The van der Waals surface area contributed by atoms with Gasteiger partial charge in [-0.15, -0.1) is 0 Å². The highest BCUT2D eigenvalue weighted by Gasteiger charge is 2.07. The van der Waals surface area contributed by atoms with E-state index in [1.807, 2.05) is 41.0 Å². The number of hydrogen-bond donors (Lipinski definition) is 0. The molecule has 3 aromatic rings. The second-order valence-electron chi connectivity index (χ2n) is 6.28. The Bertz CT molecular complexity index is 850. The molecule has 0 radical (unpaired) electrons. The van der Waals surface area contributed by atoms with Gasteiger partial charge in [0, 0.05) is 16.3 Å². The fourth-order valence-corrected chi connectivity index (χ4v) is 2.54. The summed E-state index contributed by atoms with van der Waals surface area (Å²) >= 11 is 6.00. The van der Waals surface area contributed by atoms with Crippen LogP contribution in [0.2, 0.25) is 5.02 Å². The normalized spacial score (nSPS) is 10.6. The van der Waals surface area contributed by atoms with Crippen LogP contribution < -0.4 is 0 Å². The minimum atomic E-state index is 0.0409. The van der Waals surface area contributed by atoms with Gasteiger partial charge in [0.1, 0.15) is 6.33 Å². The molecule has 0 aliphatic rings. The van der Waals surface area contributed by atoms with Gasteiger partial charge < -0.3 is 0 Å². The molecule has 25 heavy (non-hydrogen) atoms. The van der Waals surface area contributed by atoms with E-state index in [1.165, 1.54) is 12.8 Å². The van der Waals surface area contributed by atoms with Crippen LogP contribution >= 0.6 is 11.6 Å². The summed E-state index contributed by atoms with van der Waals surface area (Å²) in [5.74, 6) is 0.976. The first-order valence-corrected chi connectivity index (χ1v) is 9.08. The van der Waals surface area contributed by atoms with E-state index < -0.39 is 0 Å². The van der Waals surface area contributed by atoms with Crippen molar-refractivity contribution < 1.29 is 4.79 Å². The fourth-order valence-electron chi connectivity index (χ4n) is 2.35. The molecule has 0 aliphatic carbocycles. The van der Waals surface area contributed by atoms with Crippen molar-refractivity contribution in [3.63, 3.8) is 0 Å². The number of fused-ring (bicyclic) bond motifs is 1. The topological polar surface area (TPSA) is 34.9 Å². The highest BCUT2D eigenvalue weighted by Crippen LogP contribution is 2.21. The zero-order valence-electron chi connectivity index (χ0n) is 15.3. The summed E-state index contributed by atoms with van der Waals surface area (Å²) in [6.45, 7) is 8.29. The fraction of sp³-hybridized carbons (Fsp3) is 0.333. The number of ketones is 1. The molecule has 0 aliphatic heterocycles. The van der Waals surface area contributed by atoms with Crippen molar-refractivity contribution in [3.05, 3.63) is 59.4 Å². The van der Waals surface area contributed by atoms with Crippen LogP contribution in [0, 0.1) is 5.92 Å². The quantitative estimate of drug-likeness (QED) is 0.512. The molecule has 132 valence electrons. The maximum Gasteiger partial charge on any atom is 0.159 e. The predicted molar refractivity (Wildman–Crippen MR) is 106 cm³/mol. The van der Waals surface area contributed by atoms with Crippen LogP contribution in [0.1, 0.15) is 50.9 Å². The molecule has 1 aromatic heterocycles. The number of hydrogen-bond acceptors (Lipinski definition) is 2. The third-order valence-electron chi connectivity index (χ3n) is 4.43. The second kappa shape index (κ2) is 8.82. The molecular formula is C21H25ClN2O. The molecule has 0 fully saturated rings. The van der Waals surface area contributed by atoms with Gasteiger partial charge in [-0.25, -0.2) is 4.98 Å². The highest BCUT2D eigenvalue weighted by atomic mass is 35.5. The van der Waals surface area contributed by atoms with Crippen LogP contribution in [0.4, 0.5) is 0 Å². The van der Waals surface area contributed by atoms with Gasteiger partial charge in [-0.05, 0) is 49.2 Å².